The van der Waals surface area contributed by atoms with E-state index in [2.05, 4.69) is 0 Å². The number of carbonyl (C=O) groups excluding carboxylic acids is 1. The molecule has 0 unspecified atom stereocenters. The van der Waals surface area contributed by atoms with E-state index >= 15 is 0 Å². The lowest BCUT2D eigenvalue weighted by molar-refractivity contribution is 0.0986. The summed E-state index contributed by atoms with van der Waals surface area (Å²) in [7, 11) is 1.65. The lowest BCUT2D eigenvalue weighted by atomic mass is 10.1. The smallest absolute Gasteiger partial charge is 0.194 e. The molecule has 1 heterocycles. The fourth-order valence-corrected chi connectivity index (χ4v) is 2.52. The number of ketones is 1. The molecule has 3 aromatic rings. The number of hydrogen-bond acceptors (Lipinski definition) is 4. The van der Waals surface area contributed by atoms with Crippen LogP contribution in [0.4, 0.5) is 0 Å². The summed E-state index contributed by atoms with van der Waals surface area (Å²) >= 11 is 0. The van der Waals surface area contributed by atoms with Gasteiger partial charge < -0.3 is 13.9 Å². The Morgan fingerprint density at radius 1 is 0.960 bits per heavy atom. The van der Waals surface area contributed by atoms with Gasteiger partial charge in [0.25, 0.3) is 0 Å². The number of methoxy groups -OCH3 is 1. The summed E-state index contributed by atoms with van der Waals surface area (Å²) in [5.41, 5.74) is 3.10. The first-order valence-electron chi connectivity index (χ1n) is 8.04. The molecule has 0 aliphatic carbocycles. The van der Waals surface area contributed by atoms with Crippen LogP contribution >= 0.6 is 0 Å². The molecular weight excluding hydrogens is 316 g/mol. The van der Waals surface area contributed by atoms with Gasteiger partial charge in [-0.25, -0.2) is 0 Å². The molecule has 4 heteroatoms. The molecule has 0 aliphatic heterocycles. The monoisotopic (exact) mass is 336 g/mol. The third kappa shape index (κ3) is 3.91. The van der Waals surface area contributed by atoms with E-state index in [4.69, 9.17) is 13.9 Å². The molecule has 4 nitrogen and oxygen atoms in total. The van der Waals surface area contributed by atoms with Crippen LogP contribution in [0.15, 0.2) is 59.0 Å². The number of benzene rings is 2. The average molecular weight is 336 g/mol. The van der Waals surface area contributed by atoms with Crippen molar-refractivity contribution in [3.63, 3.8) is 0 Å². The summed E-state index contributed by atoms with van der Waals surface area (Å²) in [6.45, 7) is 3.68. The van der Waals surface area contributed by atoms with Gasteiger partial charge in [0.15, 0.2) is 11.5 Å². The maximum Gasteiger partial charge on any atom is 0.194 e. The molecular formula is C21H20O4. The second-order valence-corrected chi connectivity index (χ2v) is 5.79. The Bertz CT molecular complexity index is 858. The van der Waals surface area contributed by atoms with Crippen molar-refractivity contribution in [2.75, 3.05) is 7.11 Å². The van der Waals surface area contributed by atoms with Gasteiger partial charge in [-0.3, -0.25) is 4.79 Å². The highest BCUT2D eigenvalue weighted by Crippen LogP contribution is 2.25. The molecule has 0 fully saturated rings. The van der Waals surface area contributed by atoms with Crippen LogP contribution in [-0.2, 0) is 6.61 Å². The van der Waals surface area contributed by atoms with Crippen LogP contribution < -0.4 is 9.47 Å². The third-order valence-electron chi connectivity index (χ3n) is 4.04. The number of furan rings is 1. The highest BCUT2D eigenvalue weighted by Gasteiger charge is 2.11. The summed E-state index contributed by atoms with van der Waals surface area (Å²) in [5, 5.41) is 0. The maximum absolute atomic E-state index is 11.4. The second kappa shape index (κ2) is 7.26. The minimum Gasteiger partial charge on any atom is -0.497 e. The van der Waals surface area contributed by atoms with Crippen molar-refractivity contribution < 1.29 is 18.7 Å². The van der Waals surface area contributed by atoms with Crippen LogP contribution in [0, 0.1) is 6.92 Å². The number of Topliss-reactive ketones (excluding diaryl/α,β-unsaturated/α-hetero) is 1. The molecule has 0 spiro atoms. The van der Waals surface area contributed by atoms with Crippen LogP contribution in [0.1, 0.15) is 28.8 Å². The summed E-state index contributed by atoms with van der Waals surface area (Å²) < 4.78 is 16.4. The number of rotatable bonds is 6. The van der Waals surface area contributed by atoms with E-state index in [1.54, 1.807) is 13.2 Å². The van der Waals surface area contributed by atoms with Crippen molar-refractivity contribution in [1.82, 2.24) is 0 Å². The average Bonchev–Trinajstić information content (AvgIpc) is 3.02. The van der Waals surface area contributed by atoms with Gasteiger partial charge in [-0.15, -0.1) is 0 Å². The maximum atomic E-state index is 11.4. The molecule has 128 valence electrons. The van der Waals surface area contributed by atoms with Crippen LogP contribution in [0.3, 0.4) is 0 Å². The summed E-state index contributed by atoms with van der Waals surface area (Å²) in [4.78, 5) is 11.4. The Labute approximate surface area is 147 Å². The Balaban J connectivity index is 1.67. The summed E-state index contributed by atoms with van der Waals surface area (Å²) in [6, 6.07) is 17.5. The molecule has 2 aromatic carbocycles. The molecule has 0 aliphatic rings. The van der Waals surface area contributed by atoms with Crippen molar-refractivity contribution in [1.29, 1.82) is 0 Å². The first-order valence-corrected chi connectivity index (χ1v) is 8.04. The number of carbonyl (C=O) groups is 1. The summed E-state index contributed by atoms with van der Waals surface area (Å²) in [5.74, 6) is 2.59. The fraction of sp³-hybridized carbons (Fsp3) is 0.190. The first-order chi connectivity index (χ1) is 12.1. The highest BCUT2D eigenvalue weighted by atomic mass is 16.5. The van der Waals surface area contributed by atoms with Crippen molar-refractivity contribution in [3.05, 3.63) is 71.7 Å². The van der Waals surface area contributed by atoms with Crippen LogP contribution in [0.25, 0.3) is 11.1 Å². The normalized spacial score (nSPS) is 10.5. The predicted molar refractivity (Wildman–Crippen MR) is 96.2 cm³/mol. The lowest BCUT2D eigenvalue weighted by Crippen LogP contribution is -1.95. The minimum absolute atomic E-state index is 0.0850. The van der Waals surface area contributed by atoms with Gasteiger partial charge in [-0.1, -0.05) is 24.3 Å². The van der Waals surface area contributed by atoms with E-state index in [0.29, 0.717) is 18.1 Å². The number of ether oxygens (including phenoxy) is 2. The van der Waals surface area contributed by atoms with Gasteiger partial charge >= 0.3 is 0 Å². The van der Waals surface area contributed by atoms with Crippen molar-refractivity contribution in [2.45, 2.75) is 20.5 Å². The fourth-order valence-electron chi connectivity index (χ4n) is 2.52. The molecule has 25 heavy (non-hydrogen) atoms. The zero-order valence-corrected chi connectivity index (χ0v) is 14.5. The molecule has 3 rings (SSSR count). The number of hydrogen-bond donors (Lipinski definition) is 0. The van der Waals surface area contributed by atoms with Gasteiger partial charge in [0.1, 0.15) is 23.9 Å². The Hall–Kier alpha value is -3.01. The SMILES string of the molecule is COc1ccc(-c2ccc(OCc3cc(C(C)=O)oc3C)cc2)cc1. The largest absolute Gasteiger partial charge is 0.497 e. The number of aryl methyl sites for hydroxylation is 1. The Kier molecular flexibility index (Phi) is 4.89. The van der Waals surface area contributed by atoms with Gasteiger partial charge in [-0.05, 0) is 48.4 Å². The van der Waals surface area contributed by atoms with Crippen molar-refractivity contribution in [3.8, 4) is 22.6 Å². The van der Waals surface area contributed by atoms with E-state index in [0.717, 1.165) is 28.2 Å². The molecule has 0 radical (unpaired) electrons. The van der Waals surface area contributed by atoms with E-state index in [1.165, 1.54) is 6.92 Å². The standard InChI is InChI=1S/C21H20O4/c1-14(22)21-12-18(15(2)25-21)13-24-20-10-6-17(7-11-20)16-4-8-19(23-3)9-5-16/h4-12H,13H2,1-3H3. The van der Waals surface area contributed by atoms with Gasteiger partial charge in [0.2, 0.25) is 0 Å². The molecule has 0 bridgehead atoms. The van der Waals surface area contributed by atoms with Crippen molar-refractivity contribution >= 4 is 5.78 Å². The van der Waals surface area contributed by atoms with E-state index in [-0.39, 0.29) is 5.78 Å². The van der Waals surface area contributed by atoms with Gasteiger partial charge in [0, 0.05) is 12.5 Å². The molecule has 0 N–H and O–H groups in total. The van der Waals surface area contributed by atoms with Crippen LogP contribution in [-0.4, -0.2) is 12.9 Å². The van der Waals surface area contributed by atoms with E-state index < -0.39 is 0 Å². The van der Waals surface area contributed by atoms with Crippen molar-refractivity contribution in [2.24, 2.45) is 0 Å². The quantitative estimate of drug-likeness (QED) is 0.591. The zero-order chi connectivity index (χ0) is 17.8. The van der Waals surface area contributed by atoms with Gasteiger partial charge in [-0.2, -0.15) is 0 Å². The molecule has 0 atom stereocenters. The van der Waals surface area contributed by atoms with E-state index in [9.17, 15) is 4.79 Å². The van der Waals surface area contributed by atoms with E-state index in [1.807, 2.05) is 55.5 Å². The summed E-state index contributed by atoms with van der Waals surface area (Å²) in [6.07, 6.45) is 0. The highest BCUT2D eigenvalue weighted by molar-refractivity contribution is 5.91. The van der Waals surface area contributed by atoms with Crippen LogP contribution in [0.5, 0.6) is 11.5 Å². The molecule has 0 amide bonds. The van der Waals surface area contributed by atoms with Crippen LogP contribution in [0.2, 0.25) is 0 Å². The Morgan fingerprint density at radius 3 is 2.00 bits per heavy atom. The second-order valence-electron chi connectivity index (χ2n) is 5.79. The third-order valence-corrected chi connectivity index (χ3v) is 4.04. The molecule has 0 saturated heterocycles. The Morgan fingerprint density at radius 2 is 1.52 bits per heavy atom. The zero-order valence-electron chi connectivity index (χ0n) is 14.5. The predicted octanol–water partition coefficient (Wildman–Crippen LogP) is 5.05. The molecule has 0 saturated carbocycles. The first kappa shape index (κ1) is 16.8. The molecule has 1 aromatic heterocycles. The van der Waals surface area contributed by atoms with Gasteiger partial charge in [0.05, 0.1) is 7.11 Å². The lowest BCUT2D eigenvalue weighted by Gasteiger charge is -2.07. The minimum atomic E-state index is -0.0850. The topological polar surface area (TPSA) is 48.7 Å².